The number of halogens is 3. The van der Waals surface area contributed by atoms with Gasteiger partial charge in [-0.05, 0) is 39.0 Å². The molecule has 5 amide bonds. The van der Waals surface area contributed by atoms with Gasteiger partial charge in [-0.25, -0.2) is 9.78 Å². The van der Waals surface area contributed by atoms with E-state index in [2.05, 4.69) is 26.3 Å². The molecule has 1 aromatic heterocycles. The molecule has 0 radical (unpaired) electrons. The number of hydrogen-bond donors (Lipinski definition) is 5. The van der Waals surface area contributed by atoms with Crippen LogP contribution in [0.25, 0.3) is 0 Å². The summed E-state index contributed by atoms with van der Waals surface area (Å²) in [6.07, 6.45) is -6.71. The first-order valence-corrected chi connectivity index (χ1v) is 14.3. The van der Waals surface area contributed by atoms with Crippen molar-refractivity contribution in [3.05, 3.63) is 16.1 Å². The first-order chi connectivity index (χ1) is 19.7. The van der Waals surface area contributed by atoms with E-state index in [0.29, 0.717) is 17.8 Å². The highest BCUT2D eigenvalue weighted by atomic mass is 32.1. The maximum Gasteiger partial charge on any atom is 0.389 e. The number of nitrogens with one attached hydrogen (secondary N) is 4. The molecular weight excluding hydrogens is 585 g/mol. The summed E-state index contributed by atoms with van der Waals surface area (Å²) in [6.45, 7) is 1.71. The number of thiazole rings is 1. The third kappa shape index (κ3) is 9.66. The Hall–Kier alpha value is -3.76. The number of carbonyl (C=O) groups excluding carboxylic acids is 5. The number of aromatic nitrogens is 1. The van der Waals surface area contributed by atoms with E-state index in [1.807, 2.05) is 0 Å². The monoisotopic (exact) mass is 618 g/mol. The molecule has 0 aliphatic carbocycles. The number of aryl methyl sites for hydroxylation is 1. The molecule has 2 fully saturated rings. The number of nitrogens with zero attached hydrogens (tertiary/aromatic N) is 2. The Kier molecular flexibility index (Phi) is 11.2. The van der Waals surface area contributed by atoms with Crippen molar-refractivity contribution in [2.24, 2.45) is 0 Å². The first-order valence-electron chi connectivity index (χ1n) is 13.4. The number of carbonyl (C=O) groups is 6. The molecule has 0 saturated carbocycles. The third-order valence-corrected chi connectivity index (χ3v) is 7.63. The molecule has 13 nitrogen and oxygen atoms in total. The quantitative estimate of drug-likeness (QED) is 0.307. The molecular formula is C25H33F3N6O7S. The van der Waals surface area contributed by atoms with Gasteiger partial charge in [0.15, 0.2) is 0 Å². The lowest BCUT2D eigenvalue weighted by atomic mass is 10.1. The maximum absolute atomic E-state index is 13.7. The highest BCUT2D eigenvalue weighted by Crippen LogP contribution is 2.24. The molecule has 0 aromatic carbocycles. The summed E-state index contributed by atoms with van der Waals surface area (Å²) in [4.78, 5) is 81.3. The summed E-state index contributed by atoms with van der Waals surface area (Å²) in [5, 5.41) is 21.8. The van der Waals surface area contributed by atoms with Crippen LogP contribution in [-0.4, -0.2) is 93.9 Å². The van der Waals surface area contributed by atoms with Gasteiger partial charge in [-0.3, -0.25) is 24.0 Å². The van der Waals surface area contributed by atoms with Gasteiger partial charge in [0.05, 0.1) is 11.4 Å². The van der Waals surface area contributed by atoms with Crippen LogP contribution in [0.3, 0.4) is 0 Å². The average molecular weight is 619 g/mol. The lowest BCUT2D eigenvalue weighted by molar-refractivity contribution is -0.147. The van der Waals surface area contributed by atoms with Gasteiger partial charge in [-0.1, -0.05) is 0 Å². The van der Waals surface area contributed by atoms with Crippen molar-refractivity contribution in [3.63, 3.8) is 0 Å². The summed E-state index contributed by atoms with van der Waals surface area (Å²) < 4.78 is 38.0. The molecule has 1 aromatic rings. The minimum atomic E-state index is -4.58. The summed E-state index contributed by atoms with van der Waals surface area (Å²) in [6, 6.07) is -4.77. The molecule has 3 rings (SSSR count). The van der Waals surface area contributed by atoms with Crippen molar-refractivity contribution in [1.82, 2.24) is 31.2 Å². The number of rotatable bonds is 6. The second-order valence-electron chi connectivity index (χ2n) is 10.2. The van der Waals surface area contributed by atoms with Gasteiger partial charge in [0.2, 0.25) is 23.6 Å². The van der Waals surface area contributed by atoms with Crippen LogP contribution in [-0.2, 0) is 24.0 Å². The number of alkyl halides is 3. The molecule has 1 unspecified atom stereocenters. The Morgan fingerprint density at radius 1 is 1.17 bits per heavy atom. The Morgan fingerprint density at radius 2 is 1.90 bits per heavy atom. The second-order valence-corrected chi connectivity index (χ2v) is 11.2. The van der Waals surface area contributed by atoms with Gasteiger partial charge < -0.3 is 31.3 Å². The van der Waals surface area contributed by atoms with E-state index in [4.69, 9.17) is 0 Å². The van der Waals surface area contributed by atoms with Gasteiger partial charge in [0.1, 0.15) is 23.8 Å². The fraction of sp³-hybridized carbons (Fsp3) is 0.640. The SMILES string of the molecule is Cc1nc(C(=O)N[C@@H]2C[C@H]3C(=O)NC(C(=O)O)CCC(=O)NCCCC[C@H](NC(=O)CCC(F)(F)F)C(=O)N3C2)cs1. The third-order valence-electron chi connectivity index (χ3n) is 6.86. The van der Waals surface area contributed by atoms with Crippen molar-refractivity contribution in [2.45, 2.75) is 88.6 Å². The van der Waals surface area contributed by atoms with Crippen LogP contribution in [0.15, 0.2) is 5.38 Å². The smallest absolute Gasteiger partial charge is 0.389 e. The largest absolute Gasteiger partial charge is 0.480 e. The fourth-order valence-corrected chi connectivity index (χ4v) is 5.32. The van der Waals surface area contributed by atoms with E-state index in [-0.39, 0.29) is 44.5 Å². The fourth-order valence-electron chi connectivity index (χ4n) is 4.73. The molecule has 17 heteroatoms. The van der Waals surface area contributed by atoms with Gasteiger partial charge in [0.25, 0.3) is 5.91 Å². The minimum absolute atomic E-state index is 0.00414. The number of carboxylic acid groups (broad SMARTS) is 1. The van der Waals surface area contributed by atoms with Gasteiger partial charge in [-0.15, -0.1) is 11.3 Å². The average Bonchev–Trinajstić information content (AvgIpc) is 3.53. The molecule has 5 N–H and O–H groups in total. The maximum atomic E-state index is 13.7. The second kappa shape index (κ2) is 14.4. The zero-order valence-corrected chi connectivity index (χ0v) is 23.6. The molecule has 0 spiro atoms. The van der Waals surface area contributed by atoms with Gasteiger partial charge in [-0.2, -0.15) is 13.2 Å². The molecule has 42 heavy (non-hydrogen) atoms. The molecule has 0 bridgehead atoms. The van der Waals surface area contributed by atoms with E-state index >= 15 is 0 Å². The topological polar surface area (TPSA) is 187 Å². The van der Waals surface area contributed by atoms with E-state index in [1.165, 1.54) is 16.7 Å². The standard InChI is InChI=1S/C25H33F3N6O7S/c1-13-30-17(12-42-13)21(37)31-14-10-18-22(38)33-16(24(40)41)5-6-19(35)29-9-3-2-4-15(23(39)34(18)11-14)32-20(36)7-8-25(26,27)28/h12,14-16,18H,2-11H2,1H3,(H,29,35)(H,31,37)(H,32,36)(H,33,38)(H,40,41)/t14-,15+,16?,18+/m1/s1. The van der Waals surface area contributed by atoms with Crippen molar-refractivity contribution < 1.29 is 47.0 Å². The molecule has 4 atom stereocenters. The van der Waals surface area contributed by atoms with Crippen molar-refractivity contribution in [2.75, 3.05) is 13.1 Å². The van der Waals surface area contributed by atoms with E-state index in [0.717, 1.165) is 4.90 Å². The van der Waals surface area contributed by atoms with Crippen molar-refractivity contribution in [1.29, 1.82) is 0 Å². The predicted molar refractivity (Wildman–Crippen MR) is 141 cm³/mol. The minimum Gasteiger partial charge on any atom is -0.480 e. The Bertz CT molecular complexity index is 1190. The highest BCUT2D eigenvalue weighted by molar-refractivity contribution is 7.09. The van der Waals surface area contributed by atoms with Crippen LogP contribution in [0, 0.1) is 6.92 Å². The van der Waals surface area contributed by atoms with E-state index in [9.17, 15) is 47.0 Å². The molecule has 3 heterocycles. The predicted octanol–water partition coefficient (Wildman–Crippen LogP) is 0.628. The lowest BCUT2D eigenvalue weighted by Crippen LogP contribution is -2.55. The van der Waals surface area contributed by atoms with E-state index < -0.39 is 78.7 Å². The van der Waals surface area contributed by atoms with Crippen LogP contribution >= 0.6 is 11.3 Å². The summed E-state index contributed by atoms with van der Waals surface area (Å²) >= 11 is 1.25. The number of aliphatic carboxylic acids is 1. The Labute approximate surface area is 243 Å². The highest BCUT2D eigenvalue weighted by Gasteiger charge is 2.43. The normalized spacial score (nSPS) is 24.5. The first kappa shape index (κ1) is 32.8. The number of carboxylic acids is 1. The molecule has 2 aliphatic heterocycles. The van der Waals surface area contributed by atoms with Crippen molar-refractivity contribution in [3.8, 4) is 0 Å². The van der Waals surface area contributed by atoms with Crippen molar-refractivity contribution >= 4 is 46.8 Å². The van der Waals surface area contributed by atoms with Gasteiger partial charge in [0, 0.05) is 37.4 Å². The lowest BCUT2D eigenvalue weighted by Gasteiger charge is -2.29. The number of hydrogen-bond acceptors (Lipinski definition) is 8. The summed E-state index contributed by atoms with van der Waals surface area (Å²) in [7, 11) is 0. The van der Waals surface area contributed by atoms with Crippen LogP contribution in [0.5, 0.6) is 0 Å². The zero-order chi connectivity index (χ0) is 31.0. The number of amides is 5. The summed E-state index contributed by atoms with van der Waals surface area (Å²) in [5.74, 6) is -5.01. The van der Waals surface area contributed by atoms with Crippen LogP contribution in [0.2, 0.25) is 0 Å². The summed E-state index contributed by atoms with van der Waals surface area (Å²) in [5.41, 5.74) is 0.136. The molecule has 2 aliphatic rings. The number of fused-ring (bicyclic) bond motifs is 1. The Morgan fingerprint density at radius 3 is 2.55 bits per heavy atom. The molecule has 232 valence electrons. The zero-order valence-electron chi connectivity index (χ0n) is 22.8. The van der Waals surface area contributed by atoms with Crippen LogP contribution in [0.4, 0.5) is 13.2 Å². The van der Waals surface area contributed by atoms with E-state index in [1.54, 1.807) is 6.92 Å². The van der Waals surface area contributed by atoms with Gasteiger partial charge >= 0.3 is 12.1 Å². The Balaban J connectivity index is 1.86. The molecule has 2 saturated heterocycles. The van der Waals surface area contributed by atoms with Crippen LogP contribution < -0.4 is 21.3 Å². The van der Waals surface area contributed by atoms with Crippen LogP contribution in [0.1, 0.15) is 66.9 Å².